The SMILES string of the molecule is CC(=O)[O-].Cc1nc2n(c(=O)c1CCN1CCC(c3noc4cc(F)ccc34)CC1)CCCC2O. The van der Waals surface area contributed by atoms with Crippen molar-refractivity contribution in [2.75, 3.05) is 19.6 Å². The van der Waals surface area contributed by atoms with E-state index in [1.165, 1.54) is 12.1 Å². The lowest BCUT2D eigenvalue weighted by molar-refractivity contribution is -0.302. The fourth-order valence-corrected chi connectivity index (χ4v) is 4.98. The molecule has 0 saturated carbocycles. The maximum atomic E-state index is 13.4. The molecule has 1 aromatic carbocycles. The van der Waals surface area contributed by atoms with Crippen LogP contribution in [-0.4, -0.2) is 50.3 Å². The lowest BCUT2D eigenvalue weighted by Crippen LogP contribution is -2.37. The summed E-state index contributed by atoms with van der Waals surface area (Å²) < 4.78 is 20.4. The molecule has 1 saturated heterocycles. The van der Waals surface area contributed by atoms with Crippen LogP contribution < -0.4 is 10.7 Å². The van der Waals surface area contributed by atoms with E-state index in [2.05, 4.69) is 15.0 Å². The first-order valence-electron chi connectivity index (χ1n) is 12.0. The van der Waals surface area contributed by atoms with Gasteiger partial charge in [0.2, 0.25) is 0 Å². The zero-order chi connectivity index (χ0) is 25.1. The minimum absolute atomic E-state index is 0.00237. The molecule has 1 atom stereocenters. The van der Waals surface area contributed by atoms with E-state index in [1.54, 1.807) is 10.6 Å². The third-order valence-corrected chi connectivity index (χ3v) is 6.77. The molecule has 2 aliphatic rings. The number of rotatable bonds is 4. The number of carboxylic acid groups (broad SMARTS) is 1. The van der Waals surface area contributed by atoms with Gasteiger partial charge in [-0.25, -0.2) is 9.37 Å². The third-order valence-electron chi connectivity index (χ3n) is 6.77. The first-order valence-corrected chi connectivity index (χ1v) is 12.0. The van der Waals surface area contributed by atoms with Gasteiger partial charge in [0.1, 0.15) is 17.7 Å². The summed E-state index contributed by atoms with van der Waals surface area (Å²) in [5.41, 5.74) is 2.90. The van der Waals surface area contributed by atoms with E-state index in [0.29, 0.717) is 36.7 Å². The number of fused-ring (bicyclic) bond motifs is 2. The first-order chi connectivity index (χ1) is 16.7. The average Bonchev–Trinajstić information content (AvgIpc) is 3.23. The van der Waals surface area contributed by atoms with Gasteiger partial charge in [0.15, 0.2) is 5.58 Å². The van der Waals surface area contributed by atoms with Gasteiger partial charge in [-0.3, -0.25) is 9.36 Å². The number of hydrogen-bond acceptors (Lipinski definition) is 8. The minimum atomic E-state index is -1.08. The minimum Gasteiger partial charge on any atom is -0.550 e. The molecule has 10 heteroatoms. The third kappa shape index (κ3) is 5.59. The lowest BCUT2D eigenvalue weighted by Gasteiger charge is -2.31. The molecule has 188 valence electrons. The number of aliphatic hydroxyl groups excluding tert-OH is 1. The highest BCUT2D eigenvalue weighted by Gasteiger charge is 2.26. The Labute approximate surface area is 202 Å². The van der Waals surface area contributed by atoms with Crippen LogP contribution in [0.4, 0.5) is 4.39 Å². The molecule has 0 aliphatic carbocycles. The molecular weight excluding hydrogens is 455 g/mol. The molecule has 0 bridgehead atoms. The highest BCUT2D eigenvalue weighted by Crippen LogP contribution is 2.32. The molecule has 1 N–H and O–H groups in total. The number of likely N-dealkylation sites (tertiary alicyclic amines) is 1. The average molecular weight is 486 g/mol. The van der Waals surface area contributed by atoms with Crippen molar-refractivity contribution in [1.82, 2.24) is 19.6 Å². The van der Waals surface area contributed by atoms with Crippen LogP contribution in [0.5, 0.6) is 0 Å². The summed E-state index contributed by atoms with van der Waals surface area (Å²) in [7, 11) is 0. The van der Waals surface area contributed by atoms with E-state index in [1.807, 2.05) is 6.92 Å². The molecule has 35 heavy (non-hydrogen) atoms. The van der Waals surface area contributed by atoms with E-state index >= 15 is 0 Å². The van der Waals surface area contributed by atoms with Gasteiger partial charge in [-0.2, -0.15) is 0 Å². The summed E-state index contributed by atoms with van der Waals surface area (Å²) in [6, 6.07) is 4.58. The van der Waals surface area contributed by atoms with Gasteiger partial charge in [-0.1, -0.05) is 5.16 Å². The highest BCUT2D eigenvalue weighted by molar-refractivity contribution is 5.79. The number of benzene rings is 1. The smallest absolute Gasteiger partial charge is 0.257 e. The Morgan fingerprint density at radius 2 is 1.97 bits per heavy atom. The number of carbonyl (C=O) groups is 1. The van der Waals surface area contributed by atoms with E-state index in [0.717, 1.165) is 68.2 Å². The largest absolute Gasteiger partial charge is 0.550 e. The number of aliphatic hydroxyl groups is 1. The number of piperidine rings is 1. The van der Waals surface area contributed by atoms with Gasteiger partial charge in [0, 0.05) is 47.7 Å². The fourth-order valence-electron chi connectivity index (χ4n) is 4.98. The number of aliphatic carboxylic acids is 1. The summed E-state index contributed by atoms with van der Waals surface area (Å²) in [5, 5.41) is 24.2. The summed E-state index contributed by atoms with van der Waals surface area (Å²) in [6.45, 7) is 6.10. The number of aromatic nitrogens is 3. The Balaban J connectivity index is 0.000000672. The van der Waals surface area contributed by atoms with Crippen LogP contribution >= 0.6 is 0 Å². The molecule has 2 aliphatic heterocycles. The zero-order valence-corrected chi connectivity index (χ0v) is 20.0. The molecule has 1 fully saturated rings. The summed E-state index contributed by atoms with van der Waals surface area (Å²) >= 11 is 0. The molecule has 3 aromatic rings. The summed E-state index contributed by atoms with van der Waals surface area (Å²) in [4.78, 5) is 28.8. The normalized spacial score (nSPS) is 18.7. The molecule has 0 spiro atoms. The Morgan fingerprint density at radius 1 is 1.26 bits per heavy atom. The number of carboxylic acids is 1. The maximum Gasteiger partial charge on any atom is 0.257 e. The van der Waals surface area contributed by atoms with Gasteiger partial charge in [-0.15, -0.1) is 0 Å². The van der Waals surface area contributed by atoms with Crippen LogP contribution in [0.3, 0.4) is 0 Å². The molecule has 4 heterocycles. The number of carbonyl (C=O) groups excluding carboxylic acids is 1. The van der Waals surface area contributed by atoms with Crippen molar-refractivity contribution >= 4 is 16.9 Å². The van der Waals surface area contributed by atoms with Crippen LogP contribution in [-0.2, 0) is 17.8 Å². The van der Waals surface area contributed by atoms with Gasteiger partial charge in [0.05, 0.1) is 5.69 Å². The monoisotopic (exact) mass is 485 g/mol. The van der Waals surface area contributed by atoms with Gasteiger partial charge in [-0.05, 0) is 71.2 Å². The van der Waals surface area contributed by atoms with Crippen LogP contribution in [0, 0.1) is 12.7 Å². The number of hydrogen-bond donors (Lipinski definition) is 1. The molecular formula is C25H30FN4O5-. The summed E-state index contributed by atoms with van der Waals surface area (Å²) in [5.74, 6) is -0.595. The van der Waals surface area contributed by atoms with E-state index < -0.39 is 12.1 Å². The van der Waals surface area contributed by atoms with Crippen LogP contribution in [0.15, 0.2) is 27.5 Å². The molecule has 9 nitrogen and oxygen atoms in total. The Bertz CT molecular complexity index is 1260. The summed E-state index contributed by atoms with van der Waals surface area (Å²) in [6.07, 6.45) is 3.38. The fraction of sp³-hybridized carbons (Fsp3) is 0.520. The standard InChI is InChI=1S/C23H27FN4O3.C2H4O2/c1-14-17(23(30)28-9-2-3-19(29)22(28)25-14)8-12-27-10-6-15(7-11-27)21-18-5-4-16(24)13-20(18)31-26-21;1-2(3)4/h4-5,13,15,19,29H,2-3,6-12H2,1H3;1H3,(H,3,4)/p-1. The van der Waals surface area contributed by atoms with Crippen molar-refractivity contribution in [3.05, 3.63) is 57.1 Å². The Hall–Kier alpha value is -3.11. The van der Waals surface area contributed by atoms with Gasteiger partial charge >= 0.3 is 0 Å². The molecule has 0 radical (unpaired) electrons. The molecule has 0 amide bonds. The number of aryl methyl sites for hydroxylation is 1. The lowest BCUT2D eigenvalue weighted by atomic mass is 9.91. The quantitative estimate of drug-likeness (QED) is 0.594. The van der Waals surface area contributed by atoms with E-state index in [9.17, 15) is 14.3 Å². The van der Waals surface area contributed by atoms with Crippen molar-refractivity contribution in [1.29, 1.82) is 0 Å². The topological polar surface area (TPSA) is 125 Å². The van der Waals surface area contributed by atoms with E-state index in [4.69, 9.17) is 14.4 Å². The predicted octanol–water partition coefficient (Wildman–Crippen LogP) is 1.84. The second-order valence-electron chi connectivity index (χ2n) is 9.21. The molecule has 1 unspecified atom stereocenters. The van der Waals surface area contributed by atoms with Crippen LogP contribution in [0.1, 0.15) is 67.4 Å². The van der Waals surface area contributed by atoms with Crippen molar-refractivity contribution < 1.29 is 23.9 Å². The van der Waals surface area contributed by atoms with E-state index in [-0.39, 0.29) is 11.4 Å². The highest BCUT2D eigenvalue weighted by atomic mass is 19.1. The van der Waals surface area contributed by atoms with Crippen LogP contribution in [0.2, 0.25) is 0 Å². The maximum absolute atomic E-state index is 13.4. The predicted molar refractivity (Wildman–Crippen MR) is 124 cm³/mol. The Morgan fingerprint density at radius 3 is 2.69 bits per heavy atom. The number of halogens is 1. The Kier molecular flexibility index (Phi) is 7.61. The zero-order valence-electron chi connectivity index (χ0n) is 20.0. The van der Waals surface area contributed by atoms with Gasteiger partial charge < -0.3 is 24.4 Å². The molecule has 2 aromatic heterocycles. The molecule has 5 rings (SSSR count). The second kappa shape index (κ2) is 10.7. The van der Waals surface area contributed by atoms with Crippen molar-refractivity contribution in [2.45, 2.75) is 64.5 Å². The first kappa shape index (κ1) is 25.0. The van der Waals surface area contributed by atoms with Crippen molar-refractivity contribution in [2.24, 2.45) is 0 Å². The number of nitrogens with zero attached hydrogens (tertiary/aromatic N) is 4. The second-order valence-corrected chi connectivity index (χ2v) is 9.21. The van der Waals surface area contributed by atoms with Crippen LogP contribution in [0.25, 0.3) is 11.0 Å². The van der Waals surface area contributed by atoms with Crippen molar-refractivity contribution in [3.8, 4) is 0 Å². The van der Waals surface area contributed by atoms with Gasteiger partial charge in [0.25, 0.3) is 5.56 Å². The van der Waals surface area contributed by atoms with Crippen molar-refractivity contribution in [3.63, 3.8) is 0 Å².